The summed E-state index contributed by atoms with van der Waals surface area (Å²) in [6.45, 7) is 1.73. The van der Waals surface area contributed by atoms with Crippen LogP contribution in [0.4, 0.5) is 11.4 Å². The number of H-pyrrole nitrogens is 1. The number of nitrogens with zero attached hydrogens (tertiary/aromatic N) is 2. The van der Waals surface area contributed by atoms with Crippen molar-refractivity contribution in [1.82, 2.24) is 4.98 Å². The molecule has 4 aromatic carbocycles. The van der Waals surface area contributed by atoms with E-state index in [0.717, 1.165) is 16.5 Å². The SMILES string of the molecule is CCOC(=O)CN(C(=O)c1ccccc1)c1ccc(N=C(c2ccccc2)c2c(O)[nH]c3ccccc23)cc1. The third kappa shape index (κ3) is 5.57. The number of aliphatic imine (C=N–C) groups is 1. The van der Waals surface area contributed by atoms with Crippen LogP contribution in [0, 0.1) is 0 Å². The van der Waals surface area contributed by atoms with Crippen molar-refractivity contribution in [2.24, 2.45) is 4.99 Å². The van der Waals surface area contributed by atoms with Gasteiger partial charge in [-0.1, -0.05) is 66.7 Å². The molecule has 0 spiro atoms. The van der Waals surface area contributed by atoms with Crippen LogP contribution >= 0.6 is 0 Å². The Labute approximate surface area is 226 Å². The molecule has 0 fully saturated rings. The lowest BCUT2D eigenvalue weighted by Crippen LogP contribution is -2.36. The molecule has 5 aromatic rings. The number of benzene rings is 4. The maximum atomic E-state index is 13.3. The van der Waals surface area contributed by atoms with Gasteiger partial charge in [0, 0.05) is 27.7 Å². The van der Waals surface area contributed by atoms with Crippen molar-refractivity contribution >= 4 is 39.9 Å². The number of esters is 1. The molecule has 1 heterocycles. The molecule has 0 saturated heterocycles. The van der Waals surface area contributed by atoms with Gasteiger partial charge in [-0.2, -0.15) is 0 Å². The average Bonchev–Trinajstić information content (AvgIpc) is 3.31. The van der Waals surface area contributed by atoms with Gasteiger partial charge in [-0.15, -0.1) is 0 Å². The molecule has 0 unspecified atom stereocenters. The highest BCUT2D eigenvalue weighted by Crippen LogP contribution is 2.32. The molecular weight excluding hydrogens is 490 g/mol. The van der Waals surface area contributed by atoms with Gasteiger partial charge in [0.2, 0.25) is 0 Å². The van der Waals surface area contributed by atoms with E-state index in [1.807, 2.05) is 60.7 Å². The number of hydrogen-bond acceptors (Lipinski definition) is 5. The Hall–Kier alpha value is -5.17. The quantitative estimate of drug-likeness (QED) is 0.188. The van der Waals surface area contributed by atoms with Crippen LogP contribution in [0.2, 0.25) is 0 Å². The lowest BCUT2D eigenvalue weighted by Gasteiger charge is -2.22. The molecule has 7 nitrogen and oxygen atoms in total. The molecule has 0 aliphatic rings. The fraction of sp³-hybridized carbons (Fsp3) is 0.0938. The number of fused-ring (bicyclic) bond motifs is 1. The molecule has 0 aliphatic heterocycles. The molecule has 1 aromatic heterocycles. The molecule has 39 heavy (non-hydrogen) atoms. The number of ether oxygens (including phenoxy) is 1. The molecule has 0 atom stereocenters. The van der Waals surface area contributed by atoms with Crippen LogP contribution in [0.15, 0.2) is 114 Å². The van der Waals surface area contributed by atoms with Gasteiger partial charge in [0.05, 0.1) is 23.6 Å². The number of aromatic hydroxyl groups is 1. The normalized spacial score (nSPS) is 11.4. The Morgan fingerprint density at radius 2 is 1.44 bits per heavy atom. The number of carbonyl (C=O) groups excluding carboxylic acids is 2. The summed E-state index contributed by atoms with van der Waals surface area (Å²) in [5.74, 6) is -0.775. The maximum Gasteiger partial charge on any atom is 0.326 e. The van der Waals surface area contributed by atoms with E-state index in [2.05, 4.69) is 4.98 Å². The zero-order valence-corrected chi connectivity index (χ0v) is 21.4. The zero-order chi connectivity index (χ0) is 27.2. The van der Waals surface area contributed by atoms with E-state index in [-0.39, 0.29) is 24.9 Å². The molecule has 0 saturated carbocycles. The summed E-state index contributed by atoms with van der Waals surface area (Å²) in [5, 5.41) is 11.7. The minimum atomic E-state index is -0.495. The van der Waals surface area contributed by atoms with Gasteiger partial charge in [-0.25, -0.2) is 4.99 Å². The topological polar surface area (TPSA) is 95.0 Å². The van der Waals surface area contributed by atoms with Crippen molar-refractivity contribution in [2.45, 2.75) is 6.92 Å². The van der Waals surface area contributed by atoms with E-state index >= 15 is 0 Å². The number of aromatic nitrogens is 1. The van der Waals surface area contributed by atoms with E-state index in [0.29, 0.717) is 28.2 Å². The predicted molar refractivity (Wildman–Crippen MR) is 153 cm³/mol. The summed E-state index contributed by atoms with van der Waals surface area (Å²) in [4.78, 5) is 35.0. The van der Waals surface area contributed by atoms with Gasteiger partial charge in [0.25, 0.3) is 5.91 Å². The zero-order valence-electron chi connectivity index (χ0n) is 21.4. The Bertz CT molecular complexity index is 1630. The van der Waals surface area contributed by atoms with Gasteiger partial charge >= 0.3 is 5.97 Å². The van der Waals surface area contributed by atoms with Crippen LogP contribution in [0.25, 0.3) is 10.9 Å². The largest absolute Gasteiger partial charge is 0.494 e. The van der Waals surface area contributed by atoms with Crippen molar-refractivity contribution in [3.8, 4) is 5.88 Å². The van der Waals surface area contributed by atoms with Crippen molar-refractivity contribution in [2.75, 3.05) is 18.1 Å². The highest BCUT2D eigenvalue weighted by molar-refractivity contribution is 6.21. The van der Waals surface area contributed by atoms with Crippen LogP contribution in [0.3, 0.4) is 0 Å². The smallest absolute Gasteiger partial charge is 0.326 e. The third-order valence-corrected chi connectivity index (χ3v) is 6.23. The number of amides is 1. The van der Waals surface area contributed by atoms with Crippen molar-refractivity contribution in [1.29, 1.82) is 0 Å². The molecule has 1 amide bonds. The van der Waals surface area contributed by atoms with Crippen LogP contribution in [-0.4, -0.2) is 40.8 Å². The van der Waals surface area contributed by atoms with Crippen LogP contribution < -0.4 is 4.90 Å². The molecule has 0 bridgehead atoms. The first-order chi connectivity index (χ1) is 19.0. The summed E-state index contributed by atoms with van der Waals surface area (Å²) < 4.78 is 5.11. The maximum absolute atomic E-state index is 13.3. The summed E-state index contributed by atoms with van der Waals surface area (Å²) in [6, 6.07) is 33.1. The van der Waals surface area contributed by atoms with Crippen LogP contribution in [0.1, 0.15) is 28.4 Å². The van der Waals surface area contributed by atoms with Crippen molar-refractivity contribution in [3.63, 3.8) is 0 Å². The monoisotopic (exact) mass is 517 g/mol. The molecular formula is C32H27N3O4. The predicted octanol–water partition coefficient (Wildman–Crippen LogP) is 6.25. The Balaban J connectivity index is 1.55. The molecule has 2 N–H and O–H groups in total. The summed E-state index contributed by atoms with van der Waals surface area (Å²) in [5.41, 5.74) is 4.46. The second kappa shape index (κ2) is 11.5. The van der Waals surface area contributed by atoms with Gasteiger partial charge in [0.15, 0.2) is 5.88 Å². The molecule has 0 aliphatic carbocycles. The highest BCUT2D eigenvalue weighted by atomic mass is 16.5. The summed E-state index contributed by atoms with van der Waals surface area (Å²) >= 11 is 0. The molecule has 7 heteroatoms. The van der Waals surface area contributed by atoms with E-state index in [1.54, 1.807) is 55.5 Å². The Morgan fingerprint density at radius 3 is 2.10 bits per heavy atom. The lowest BCUT2D eigenvalue weighted by atomic mass is 10.0. The van der Waals surface area contributed by atoms with Crippen molar-refractivity contribution in [3.05, 3.63) is 126 Å². The van der Waals surface area contributed by atoms with Crippen LogP contribution in [0.5, 0.6) is 5.88 Å². The number of nitrogens with one attached hydrogen (secondary N) is 1. The second-order valence-electron chi connectivity index (χ2n) is 8.80. The van der Waals surface area contributed by atoms with Gasteiger partial charge < -0.3 is 14.8 Å². The highest BCUT2D eigenvalue weighted by Gasteiger charge is 2.22. The van der Waals surface area contributed by atoms with E-state index in [1.165, 1.54) is 4.90 Å². The number of carbonyl (C=O) groups is 2. The Morgan fingerprint density at radius 1 is 0.821 bits per heavy atom. The third-order valence-electron chi connectivity index (χ3n) is 6.23. The standard InChI is InChI=1S/C32H27N3O4/c1-2-39-28(36)21-35(32(38)23-13-7-4-8-14-23)25-19-17-24(18-20-25)33-30(22-11-5-3-6-12-22)29-26-15-9-10-16-27(26)34-31(29)37/h3-20,34,37H,2,21H2,1H3. The van der Waals surface area contributed by atoms with Gasteiger partial charge in [-0.05, 0) is 49.4 Å². The fourth-order valence-electron chi connectivity index (χ4n) is 4.42. The molecule has 5 rings (SSSR count). The van der Waals surface area contributed by atoms with Gasteiger partial charge in [0.1, 0.15) is 6.54 Å². The molecule has 0 radical (unpaired) electrons. The van der Waals surface area contributed by atoms with E-state index in [9.17, 15) is 14.7 Å². The minimum Gasteiger partial charge on any atom is -0.494 e. The number of rotatable bonds is 8. The first kappa shape index (κ1) is 25.5. The molecule has 194 valence electrons. The summed E-state index contributed by atoms with van der Waals surface area (Å²) in [7, 11) is 0. The first-order valence-corrected chi connectivity index (χ1v) is 12.6. The van der Waals surface area contributed by atoms with Crippen LogP contribution in [-0.2, 0) is 9.53 Å². The average molecular weight is 518 g/mol. The minimum absolute atomic E-state index is 0.0319. The van der Waals surface area contributed by atoms with E-state index < -0.39 is 5.97 Å². The number of aromatic amines is 1. The fourth-order valence-corrected chi connectivity index (χ4v) is 4.42. The number of anilines is 1. The van der Waals surface area contributed by atoms with E-state index in [4.69, 9.17) is 9.73 Å². The summed E-state index contributed by atoms with van der Waals surface area (Å²) in [6.07, 6.45) is 0. The second-order valence-corrected chi connectivity index (χ2v) is 8.80. The van der Waals surface area contributed by atoms with Gasteiger partial charge in [-0.3, -0.25) is 14.5 Å². The van der Waals surface area contributed by atoms with Crippen molar-refractivity contribution < 1.29 is 19.4 Å². The number of para-hydroxylation sites is 1. The Kier molecular flexibility index (Phi) is 7.50. The number of hydrogen-bond donors (Lipinski definition) is 2. The first-order valence-electron chi connectivity index (χ1n) is 12.6. The lowest BCUT2D eigenvalue weighted by molar-refractivity contribution is -0.141.